The second-order valence-corrected chi connectivity index (χ2v) is 6.90. The summed E-state index contributed by atoms with van der Waals surface area (Å²) in [6.45, 7) is 4.51. The quantitative estimate of drug-likeness (QED) is 0.829. The van der Waals surface area contributed by atoms with E-state index in [1.54, 1.807) is 0 Å². The first kappa shape index (κ1) is 15.0. The summed E-state index contributed by atoms with van der Waals surface area (Å²) in [5, 5.41) is 0. The highest BCUT2D eigenvalue weighted by atomic mass is 79.9. The van der Waals surface area contributed by atoms with E-state index in [4.69, 9.17) is 4.74 Å². The standard InChI is InChI=1S/C17H22BrNO2/c1-2-21-14-7-9-19(10-8-14)17(20)16-11-15(16)12-3-5-13(18)6-4-12/h3-6,14-16H,2,7-11H2,1H3/t15-,16+/m0/s1. The molecule has 0 spiro atoms. The van der Waals surface area contributed by atoms with Crippen LogP contribution < -0.4 is 0 Å². The lowest BCUT2D eigenvalue weighted by Gasteiger charge is -2.32. The number of nitrogens with zero attached hydrogens (tertiary/aromatic N) is 1. The SMILES string of the molecule is CCOC1CCN(C(=O)[C@@H]2C[C@H]2c2ccc(Br)cc2)CC1. The minimum absolute atomic E-state index is 0.204. The molecule has 114 valence electrons. The van der Waals surface area contributed by atoms with Crippen LogP contribution >= 0.6 is 15.9 Å². The zero-order valence-corrected chi connectivity index (χ0v) is 14.0. The predicted octanol–water partition coefficient (Wildman–Crippen LogP) is 3.58. The molecule has 0 radical (unpaired) electrons. The highest BCUT2D eigenvalue weighted by Gasteiger charge is 2.46. The number of carbonyl (C=O) groups is 1. The van der Waals surface area contributed by atoms with Crippen molar-refractivity contribution < 1.29 is 9.53 Å². The van der Waals surface area contributed by atoms with E-state index in [1.807, 2.05) is 11.8 Å². The van der Waals surface area contributed by atoms with Gasteiger partial charge < -0.3 is 9.64 Å². The summed E-state index contributed by atoms with van der Waals surface area (Å²) in [5.41, 5.74) is 1.29. The summed E-state index contributed by atoms with van der Waals surface area (Å²) in [4.78, 5) is 14.6. The average Bonchev–Trinajstić information content (AvgIpc) is 3.29. The second-order valence-electron chi connectivity index (χ2n) is 5.98. The Labute approximate surface area is 134 Å². The van der Waals surface area contributed by atoms with Crippen LogP contribution in [0.15, 0.2) is 28.7 Å². The molecule has 1 saturated carbocycles. The van der Waals surface area contributed by atoms with Gasteiger partial charge in [-0.15, -0.1) is 0 Å². The van der Waals surface area contributed by atoms with Gasteiger partial charge in [-0.3, -0.25) is 4.79 Å². The van der Waals surface area contributed by atoms with Crippen LogP contribution in [-0.2, 0) is 9.53 Å². The number of halogens is 1. The topological polar surface area (TPSA) is 29.5 Å². The maximum Gasteiger partial charge on any atom is 0.226 e. The van der Waals surface area contributed by atoms with Crippen molar-refractivity contribution in [1.29, 1.82) is 0 Å². The third-order valence-corrected chi connectivity index (χ3v) is 5.09. The van der Waals surface area contributed by atoms with Gasteiger partial charge in [0.25, 0.3) is 0 Å². The Bertz CT molecular complexity index is 494. The summed E-state index contributed by atoms with van der Waals surface area (Å²) in [5.74, 6) is 0.975. The fraction of sp³-hybridized carbons (Fsp3) is 0.588. The number of benzene rings is 1. The molecule has 1 heterocycles. The Hall–Kier alpha value is -0.870. The summed E-state index contributed by atoms with van der Waals surface area (Å²) in [6.07, 6.45) is 3.32. The van der Waals surface area contributed by atoms with Crippen LogP contribution in [0.2, 0.25) is 0 Å². The summed E-state index contributed by atoms with van der Waals surface area (Å²) < 4.78 is 6.74. The smallest absolute Gasteiger partial charge is 0.226 e. The number of likely N-dealkylation sites (tertiary alicyclic amines) is 1. The molecular weight excluding hydrogens is 330 g/mol. The normalized spacial score (nSPS) is 25.9. The zero-order valence-electron chi connectivity index (χ0n) is 12.4. The molecule has 1 amide bonds. The first-order valence-corrected chi connectivity index (χ1v) is 8.64. The summed E-state index contributed by atoms with van der Waals surface area (Å²) >= 11 is 3.45. The van der Waals surface area contributed by atoms with E-state index in [0.717, 1.165) is 43.4 Å². The van der Waals surface area contributed by atoms with Crippen LogP contribution in [0.5, 0.6) is 0 Å². The Morgan fingerprint density at radius 1 is 1.29 bits per heavy atom. The van der Waals surface area contributed by atoms with Gasteiger partial charge in [0.05, 0.1) is 6.10 Å². The minimum atomic E-state index is 0.204. The van der Waals surface area contributed by atoms with E-state index < -0.39 is 0 Å². The lowest BCUT2D eigenvalue weighted by atomic mass is 10.1. The van der Waals surface area contributed by atoms with Gasteiger partial charge in [0, 0.05) is 30.1 Å². The molecule has 1 aromatic rings. The maximum atomic E-state index is 12.6. The molecule has 2 atom stereocenters. The Morgan fingerprint density at radius 2 is 1.95 bits per heavy atom. The molecule has 4 heteroatoms. The number of amides is 1. The van der Waals surface area contributed by atoms with Crippen LogP contribution in [0.4, 0.5) is 0 Å². The van der Waals surface area contributed by atoms with E-state index in [-0.39, 0.29) is 5.92 Å². The van der Waals surface area contributed by atoms with E-state index in [9.17, 15) is 4.79 Å². The van der Waals surface area contributed by atoms with Crippen LogP contribution in [0.3, 0.4) is 0 Å². The molecule has 0 unspecified atom stereocenters. The highest BCUT2D eigenvalue weighted by molar-refractivity contribution is 9.10. The summed E-state index contributed by atoms with van der Waals surface area (Å²) in [7, 11) is 0. The third-order valence-electron chi connectivity index (χ3n) is 4.56. The van der Waals surface area contributed by atoms with Crippen LogP contribution in [0, 0.1) is 5.92 Å². The van der Waals surface area contributed by atoms with Gasteiger partial charge in [-0.05, 0) is 49.8 Å². The third kappa shape index (κ3) is 3.49. The Kier molecular flexibility index (Phi) is 4.65. The molecule has 0 N–H and O–H groups in total. The molecule has 0 aromatic heterocycles. The van der Waals surface area contributed by atoms with E-state index >= 15 is 0 Å². The van der Waals surface area contributed by atoms with E-state index in [0.29, 0.717) is 17.9 Å². The Morgan fingerprint density at radius 3 is 2.57 bits per heavy atom. The van der Waals surface area contributed by atoms with E-state index in [2.05, 4.69) is 40.2 Å². The molecule has 1 aliphatic carbocycles. The molecule has 1 saturated heterocycles. The fourth-order valence-electron chi connectivity index (χ4n) is 3.26. The van der Waals surface area contributed by atoms with Crippen molar-refractivity contribution in [2.24, 2.45) is 5.92 Å². The molecular formula is C17H22BrNO2. The van der Waals surface area contributed by atoms with Crippen molar-refractivity contribution in [3.05, 3.63) is 34.3 Å². The molecule has 3 nitrogen and oxygen atoms in total. The molecule has 3 rings (SSSR count). The number of piperidine rings is 1. The van der Waals surface area contributed by atoms with Gasteiger partial charge in [0.15, 0.2) is 0 Å². The molecule has 1 aromatic carbocycles. The fourth-order valence-corrected chi connectivity index (χ4v) is 3.52. The number of hydrogen-bond acceptors (Lipinski definition) is 2. The monoisotopic (exact) mass is 351 g/mol. The predicted molar refractivity (Wildman–Crippen MR) is 86.2 cm³/mol. The first-order valence-electron chi connectivity index (χ1n) is 7.85. The van der Waals surface area contributed by atoms with Gasteiger partial charge in [-0.25, -0.2) is 0 Å². The zero-order chi connectivity index (χ0) is 14.8. The van der Waals surface area contributed by atoms with Crippen molar-refractivity contribution in [2.75, 3.05) is 19.7 Å². The lowest BCUT2D eigenvalue weighted by molar-refractivity contribution is -0.135. The van der Waals surface area contributed by atoms with Gasteiger partial charge in [0.2, 0.25) is 5.91 Å². The molecule has 1 aliphatic heterocycles. The number of rotatable bonds is 4. The van der Waals surface area contributed by atoms with Crippen LogP contribution in [0.1, 0.15) is 37.7 Å². The van der Waals surface area contributed by atoms with Crippen molar-refractivity contribution >= 4 is 21.8 Å². The van der Waals surface area contributed by atoms with Gasteiger partial charge in [0.1, 0.15) is 0 Å². The van der Waals surface area contributed by atoms with Crippen molar-refractivity contribution in [1.82, 2.24) is 4.90 Å². The summed E-state index contributed by atoms with van der Waals surface area (Å²) in [6, 6.07) is 8.37. The van der Waals surface area contributed by atoms with E-state index in [1.165, 1.54) is 5.56 Å². The average molecular weight is 352 g/mol. The number of ether oxygens (including phenoxy) is 1. The molecule has 21 heavy (non-hydrogen) atoms. The minimum Gasteiger partial charge on any atom is -0.378 e. The van der Waals surface area contributed by atoms with Crippen molar-refractivity contribution in [2.45, 2.75) is 38.2 Å². The maximum absolute atomic E-state index is 12.6. The van der Waals surface area contributed by atoms with Crippen LogP contribution in [-0.4, -0.2) is 36.6 Å². The highest BCUT2D eigenvalue weighted by Crippen LogP contribution is 2.48. The second kappa shape index (κ2) is 6.49. The molecule has 0 bridgehead atoms. The Balaban J connectivity index is 1.52. The van der Waals surface area contributed by atoms with Crippen molar-refractivity contribution in [3.63, 3.8) is 0 Å². The number of hydrogen-bond donors (Lipinski definition) is 0. The van der Waals surface area contributed by atoms with Gasteiger partial charge in [-0.1, -0.05) is 28.1 Å². The number of carbonyl (C=O) groups excluding carboxylic acids is 1. The molecule has 2 fully saturated rings. The van der Waals surface area contributed by atoms with Crippen LogP contribution in [0.25, 0.3) is 0 Å². The lowest BCUT2D eigenvalue weighted by Crippen LogP contribution is -2.41. The van der Waals surface area contributed by atoms with Gasteiger partial charge >= 0.3 is 0 Å². The van der Waals surface area contributed by atoms with Gasteiger partial charge in [-0.2, -0.15) is 0 Å². The largest absolute Gasteiger partial charge is 0.378 e. The first-order chi connectivity index (χ1) is 10.2. The molecule has 2 aliphatic rings. The van der Waals surface area contributed by atoms with Crippen molar-refractivity contribution in [3.8, 4) is 0 Å².